The molecule has 0 saturated heterocycles. The Kier molecular flexibility index (Phi) is 4.35. The van der Waals surface area contributed by atoms with Crippen molar-refractivity contribution in [1.29, 1.82) is 0 Å². The highest BCUT2D eigenvalue weighted by molar-refractivity contribution is 9.10. The Labute approximate surface area is 129 Å². The molecule has 2 rings (SSSR count). The summed E-state index contributed by atoms with van der Waals surface area (Å²) >= 11 is 9.21. The molecule has 1 unspecified atom stereocenters. The van der Waals surface area contributed by atoms with Crippen molar-refractivity contribution in [3.05, 3.63) is 44.6 Å². The van der Waals surface area contributed by atoms with Crippen LogP contribution in [0.5, 0.6) is 5.75 Å². The number of benzene rings is 1. The normalized spacial score (nSPS) is 12.2. The molecule has 0 aliphatic heterocycles. The fourth-order valence-electron chi connectivity index (χ4n) is 1.83. The Bertz CT molecular complexity index is 657. The van der Waals surface area contributed by atoms with Crippen LogP contribution in [0.1, 0.15) is 34.8 Å². The summed E-state index contributed by atoms with van der Waals surface area (Å²) < 4.78 is 6.43. The molecule has 106 valence electrons. The van der Waals surface area contributed by atoms with E-state index in [1.165, 1.54) is 0 Å². The van der Waals surface area contributed by atoms with Crippen LogP contribution in [0, 0.1) is 6.92 Å². The molecule has 0 aliphatic carbocycles. The van der Waals surface area contributed by atoms with Crippen LogP contribution in [-0.2, 0) is 0 Å². The molecule has 0 aliphatic rings. The lowest BCUT2D eigenvalue weighted by atomic mass is 10.1. The van der Waals surface area contributed by atoms with Gasteiger partial charge in [0.2, 0.25) is 0 Å². The molecule has 0 spiro atoms. The van der Waals surface area contributed by atoms with Gasteiger partial charge < -0.3 is 9.84 Å². The number of carbonyl (C=O) groups is 1. The van der Waals surface area contributed by atoms with Crippen molar-refractivity contribution in [3.8, 4) is 5.75 Å². The molecule has 5 nitrogen and oxygen atoms in total. The fraction of sp³-hybridized carbons (Fsp3) is 0.231. The molecule has 20 heavy (non-hydrogen) atoms. The smallest absolute Gasteiger partial charge is 0.339 e. The summed E-state index contributed by atoms with van der Waals surface area (Å²) in [5.41, 5.74) is 0.998. The maximum absolute atomic E-state index is 11.2. The second-order valence-corrected chi connectivity index (χ2v) is 5.54. The van der Waals surface area contributed by atoms with Crippen LogP contribution in [0.3, 0.4) is 0 Å². The third-order valence-electron chi connectivity index (χ3n) is 2.77. The van der Waals surface area contributed by atoms with E-state index in [0.29, 0.717) is 26.6 Å². The molecule has 2 N–H and O–H groups in total. The van der Waals surface area contributed by atoms with Crippen molar-refractivity contribution in [2.24, 2.45) is 0 Å². The van der Waals surface area contributed by atoms with E-state index in [0.717, 1.165) is 0 Å². The van der Waals surface area contributed by atoms with Gasteiger partial charge in [-0.15, -0.1) is 0 Å². The first-order valence-corrected chi connectivity index (χ1v) is 6.97. The highest BCUT2D eigenvalue weighted by Gasteiger charge is 2.23. The molecule has 0 bridgehead atoms. The Balaban J connectivity index is 2.28. The van der Waals surface area contributed by atoms with Gasteiger partial charge in [0.1, 0.15) is 23.1 Å². The summed E-state index contributed by atoms with van der Waals surface area (Å²) in [7, 11) is 0. The molecule has 1 aromatic carbocycles. The fourth-order valence-corrected chi connectivity index (χ4v) is 2.61. The molecule has 1 atom stereocenters. The van der Waals surface area contributed by atoms with Crippen LogP contribution in [0.2, 0.25) is 5.02 Å². The zero-order valence-electron chi connectivity index (χ0n) is 10.8. The van der Waals surface area contributed by atoms with Gasteiger partial charge in [0.25, 0.3) is 0 Å². The third-order valence-corrected chi connectivity index (χ3v) is 3.63. The van der Waals surface area contributed by atoms with E-state index in [1.54, 1.807) is 32.0 Å². The predicted molar refractivity (Wildman–Crippen MR) is 78.5 cm³/mol. The molecule has 0 radical (unpaired) electrons. The lowest BCUT2D eigenvalue weighted by Crippen LogP contribution is -2.10. The van der Waals surface area contributed by atoms with Crippen LogP contribution in [0.4, 0.5) is 0 Å². The standard InChI is InChI=1S/C13H12BrClN2O3/c1-6-11(13(18)19)12(17-16-6)7(2)20-10-4-3-8(15)5-9(10)14/h3-5,7H,1-2H3,(H,16,17)(H,18,19). The number of aryl methyl sites for hydroxylation is 1. The number of nitrogens with one attached hydrogen (secondary N) is 1. The highest BCUT2D eigenvalue weighted by atomic mass is 79.9. The number of aromatic nitrogens is 2. The number of carboxylic acid groups (broad SMARTS) is 1. The molecule has 2 aromatic rings. The van der Waals surface area contributed by atoms with E-state index in [1.807, 2.05) is 0 Å². The first kappa shape index (κ1) is 14.9. The van der Waals surface area contributed by atoms with Gasteiger partial charge in [0.15, 0.2) is 0 Å². The Morgan fingerprint density at radius 2 is 2.25 bits per heavy atom. The third kappa shape index (κ3) is 2.96. The van der Waals surface area contributed by atoms with Crippen LogP contribution in [-0.4, -0.2) is 21.3 Å². The summed E-state index contributed by atoms with van der Waals surface area (Å²) in [4.78, 5) is 11.2. The Morgan fingerprint density at radius 1 is 1.55 bits per heavy atom. The summed E-state index contributed by atoms with van der Waals surface area (Å²) in [5, 5.41) is 16.5. The molecule has 1 aromatic heterocycles. The zero-order valence-corrected chi connectivity index (χ0v) is 13.1. The average molecular weight is 360 g/mol. The minimum Gasteiger partial charge on any atom is -0.483 e. The van der Waals surface area contributed by atoms with Crippen LogP contribution in [0.25, 0.3) is 0 Å². The summed E-state index contributed by atoms with van der Waals surface area (Å²) in [6.07, 6.45) is -0.511. The molecule has 0 fully saturated rings. The monoisotopic (exact) mass is 358 g/mol. The SMILES string of the molecule is Cc1[nH]nc(C(C)Oc2ccc(Cl)cc2Br)c1C(=O)O. The van der Waals surface area contributed by atoms with Gasteiger partial charge in [-0.1, -0.05) is 11.6 Å². The van der Waals surface area contributed by atoms with Gasteiger partial charge in [-0.2, -0.15) is 5.10 Å². The quantitative estimate of drug-likeness (QED) is 0.866. The van der Waals surface area contributed by atoms with Crippen molar-refractivity contribution in [3.63, 3.8) is 0 Å². The van der Waals surface area contributed by atoms with Crippen LogP contribution >= 0.6 is 27.5 Å². The molecule has 0 amide bonds. The topological polar surface area (TPSA) is 75.2 Å². The minimum absolute atomic E-state index is 0.141. The second-order valence-electron chi connectivity index (χ2n) is 4.25. The van der Waals surface area contributed by atoms with Crippen molar-refractivity contribution >= 4 is 33.5 Å². The maximum atomic E-state index is 11.2. The molecule has 1 heterocycles. The van der Waals surface area contributed by atoms with Gasteiger partial charge in [0, 0.05) is 10.7 Å². The van der Waals surface area contributed by atoms with E-state index in [2.05, 4.69) is 26.1 Å². The van der Waals surface area contributed by atoms with E-state index < -0.39 is 12.1 Å². The van der Waals surface area contributed by atoms with E-state index in [9.17, 15) is 9.90 Å². The summed E-state index contributed by atoms with van der Waals surface area (Å²) in [5.74, 6) is -0.462. The number of H-pyrrole nitrogens is 1. The number of hydrogen-bond donors (Lipinski definition) is 2. The first-order valence-electron chi connectivity index (χ1n) is 5.80. The number of ether oxygens (including phenoxy) is 1. The minimum atomic E-state index is -1.03. The summed E-state index contributed by atoms with van der Waals surface area (Å²) in [6.45, 7) is 3.40. The van der Waals surface area contributed by atoms with Crippen LogP contribution < -0.4 is 4.74 Å². The number of hydrogen-bond acceptors (Lipinski definition) is 3. The van der Waals surface area contributed by atoms with Crippen molar-refractivity contribution in [2.45, 2.75) is 20.0 Å². The van der Waals surface area contributed by atoms with E-state index >= 15 is 0 Å². The van der Waals surface area contributed by atoms with Crippen LogP contribution in [0.15, 0.2) is 22.7 Å². The largest absolute Gasteiger partial charge is 0.483 e. The number of nitrogens with zero attached hydrogens (tertiary/aromatic N) is 1. The summed E-state index contributed by atoms with van der Waals surface area (Å²) in [6, 6.07) is 5.11. The lowest BCUT2D eigenvalue weighted by Gasteiger charge is -2.15. The first-order chi connectivity index (χ1) is 9.40. The van der Waals surface area contributed by atoms with Gasteiger partial charge in [-0.25, -0.2) is 4.79 Å². The highest BCUT2D eigenvalue weighted by Crippen LogP contribution is 2.32. The second kappa shape index (κ2) is 5.85. The molecular weight excluding hydrogens is 348 g/mol. The van der Waals surface area contributed by atoms with E-state index in [4.69, 9.17) is 16.3 Å². The predicted octanol–water partition coefficient (Wildman–Crippen LogP) is 3.97. The number of rotatable bonds is 4. The molecule has 7 heteroatoms. The van der Waals surface area contributed by atoms with Crippen molar-refractivity contribution < 1.29 is 14.6 Å². The molecular formula is C13H12BrClN2O3. The van der Waals surface area contributed by atoms with Gasteiger partial charge in [-0.3, -0.25) is 5.10 Å². The van der Waals surface area contributed by atoms with Crippen molar-refractivity contribution in [2.75, 3.05) is 0 Å². The van der Waals surface area contributed by atoms with Crippen molar-refractivity contribution in [1.82, 2.24) is 10.2 Å². The zero-order chi connectivity index (χ0) is 14.9. The number of aromatic carboxylic acids is 1. The average Bonchev–Trinajstić information content (AvgIpc) is 2.74. The number of aromatic amines is 1. The lowest BCUT2D eigenvalue weighted by molar-refractivity contribution is 0.0691. The van der Waals surface area contributed by atoms with Gasteiger partial charge in [0.05, 0.1) is 4.47 Å². The Hall–Kier alpha value is -1.53. The number of halogens is 2. The maximum Gasteiger partial charge on any atom is 0.339 e. The van der Waals surface area contributed by atoms with E-state index in [-0.39, 0.29) is 5.56 Å². The Morgan fingerprint density at radius 3 is 2.85 bits per heavy atom. The number of carboxylic acids is 1. The molecule has 0 saturated carbocycles. The van der Waals surface area contributed by atoms with Gasteiger partial charge >= 0.3 is 5.97 Å². The van der Waals surface area contributed by atoms with Gasteiger partial charge in [-0.05, 0) is 48.0 Å².